The highest BCUT2D eigenvalue weighted by Gasteiger charge is 2.41. The van der Waals surface area contributed by atoms with Crippen LogP contribution in [0.4, 0.5) is 0 Å². The lowest BCUT2D eigenvalue weighted by Gasteiger charge is -2.26. The van der Waals surface area contributed by atoms with Gasteiger partial charge < -0.3 is 15.0 Å². The van der Waals surface area contributed by atoms with Gasteiger partial charge in [0.25, 0.3) is 5.91 Å². The first-order valence-corrected chi connectivity index (χ1v) is 9.47. The van der Waals surface area contributed by atoms with Crippen molar-refractivity contribution in [2.75, 3.05) is 6.61 Å². The Balaban J connectivity index is 1.95. The second kappa shape index (κ2) is 8.25. The molecule has 5 heteroatoms. The van der Waals surface area contributed by atoms with E-state index in [1.54, 1.807) is 11.0 Å². The smallest absolute Gasteiger partial charge is 0.255 e. The van der Waals surface area contributed by atoms with Gasteiger partial charge >= 0.3 is 0 Å². The Kier molecular flexibility index (Phi) is 5.79. The molecule has 0 radical (unpaired) electrons. The van der Waals surface area contributed by atoms with Crippen LogP contribution >= 0.6 is 0 Å². The number of ether oxygens (including phenoxy) is 1. The molecule has 0 fully saturated rings. The highest BCUT2D eigenvalue weighted by molar-refractivity contribution is 6.04. The SMILES string of the molecule is CCOc1ccccc1CN1C(=O)c2ccccc2[C@H]1C(=O)N[C@H](C)CC. The highest BCUT2D eigenvalue weighted by Crippen LogP contribution is 2.36. The van der Waals surface area contributed by atoms with Crippen molar-refractivity contribution in [3.63, 3.8) is 0 Å². The lowest BCUT2D eigenvalue weighted by atomic mass is 10.0. The normalized spacial score (nSPS) is 16.8. The molecule has 142 valence electrons. The molecule has 5 nitrogen and oxygen atoms in total. The van der Waals surface area contributed by atoms with Crippen molar-refractivity contribution in [3.8, 4) is 5.75 Å². The third-order valence-electron chi connectivity index (χ3n) is 4.92. The van der Waals surface area contributed by atoms with Gasteiger partial charge in [0.05, 0.1) is 13.2 Å². The first-order chi connectivity index (χ1) is 13.1. The lowest BCUT2D eigenvalue weighted by molar-refractivity contribution is -0.126. The third kappa shape index (κ3) is 3.82. The van der Waals surface area contributed by atoms with E-state index in [1.807, 2.05) is 63.2 Å². The van der Waals surface area contributed by atoms with Crippen LogP contribution < -0.4 is 10.1 Å². The number of hydrogen-bond donors (Lipinski definition) is 1. The topological polar surface area (TPSA) is 58.6 Å². The van der Waals surface area contributed by atoms with Crippen LogP contribution in [0.5, 0.6) is 5.75 Å². The number of fused-ring (bicyclic) bond motifs is 1. The van der Waals surface area contributed by atoms with Gasteiger partial charge in [0.1, 0.15) is 11.8 Å². The fraction of sp³-hybridized carbons (Fsp3) is 0.364. The maximum absolute atomic E-state index is 13.0. The molecular weight excluding hydrogens is 340 g/mol. The van der Waals surface area contributed by atoms with Crippen LogP contribution in [0.1, 0.15) is 54.7 Å². The summed E-state index contributed by atoms with van der Waals surface area (Å²) < 4.78 is 5.70. The van der Waals surface area contributed by atoms with Gasteiger partial charge in [-0.3, -0.25) is 9.59 Å². The summed E-state index contributed by atoms with van der Waals surface area (Å²) in [7, 11) is 0. The van der Waals surface area contributed by atoms with Gasteiger partial charge in [-0.15, -0.1) is 0 Å². The van der Waals surface area contributed by atoms with Gasteiger partial charge in [-0.25, -0.2) is 0 Å². The molecule has 27 heavy (non-hydrogen) atoms. The molecule has 0 unspecified atom stereocenters. The average Bonchev–Trinajstić information content (AvgIpc) is 2.95. The summed E-state index contributed by atoms with van der Waals surface area (Å²) in [5.74, 6) is 0.475. The maximum atomic E-state index is 13.0. The number of nitrogens with one attached hydrogen (secondary N) is 1. The van der Waals surface area contributed by atoms with E-state index in [0.717, 1.165) is 23.3 Å². The van der Waals surface area contributed by atoms with E-state index in [2.05, 4.69) is 5.32 Å². The highest BCUT2D eigenvalue weighted by atomic mass is 16.5. The third-order valence-corrected chi connectivity index (χ3v) is 4.92. The van der Waals surface area contributed by atoms with Crippen molar-refractivity contribution in [1.29, 1.82) is 0 Å². The van der Waals surface area contributed by atoms with Crippen molar-refractivity contribution in [2.24, 2.45) is 0 Å². The molecular formula is C22H26N2O3. The second-order valence-corrected chi connectivity index (χ2v) is 6.78. The zero-order valence-corrected chi connectivity index (χ0v) is 16.1. The molecule has 1 N–H and O–H groups in total. The fourth-order valence-corrected chi connectivity index (χ4v) is 3.35. The predicted molar refractivity (Wildman–Crippen MR) is 105 cm³/mol. The van der Waals surface area contributed by atoms with E-state index in [9.17, 15) is 9.59 Å². The van der Waals surface area contributed by atoms with E-state index in [0.29, 0.717) is 18.7 Å². The van der Waals surface area contributed by atoms with Gasteiger partial charge in [0.2, 0.25) is 5.91 Å². The van der Waals surface area contributed by atoms with E-state index in [1.165, 1.54) is 0 Å². The van der Waals surface area contributed by atoms with E-state index < -0.39 is 6.04 Å². The molecule has 0 bridgehead atoms. The predicted octanol–water partition coefficient (Wildman–Crippen LogP) is 3.70. The monoisotopic (exact) mass is 366 g/mol. The average molecular weight is 366 g/mol. The number of carbonyl (C=O) groups is 2. The first kappa shape index (κ1) is 19.0. The Bertz CT molecular complexity index is 834. The van der Waals surface area contributed by atoms with Crippen LogP contribution in [0, 0.1) is 0 Å². The molecule has 2 aromatic rings. The van der Waals surface area contributed by atoms with E-state index in [4.69, 9.17) is 4.74 Å². The Labute approximate surface area is 160 Å². The molecule has 0 spiro atoms. The standard InChI is InChI=1S/C22H26N2O3/c1-4-15(3)23-21(25)20-17-11-7-8-12-18(17)22(26)24(20)14-16-10-6-9-13-19(16)27-5-2/h6-13,15,20H,4-5,14H2,1-3H3,(H,23,25)/t15-,20+/m1/s1. The molecule has 0 aliphatic carbocycles. The van der Waals surface area contributed by atoms with Gasteiger partial charge in [-0.05, 0) is 38.0 Å². The Hall–Kier alpha value is -2.82. The van der Waals surface area contributed by atoms with Crippen LogP contribution in [0.15, 0.2) is 48.5 Å². The lowest BCUT2D eigenvalue weighted by Crippen LogP contribution is -2.42. The minimum absolute atomic E-state index is 0.0536. The molecule has 2 aromatic carbocycles. The molecule has 0 saturated carbocycles. The van der Waals surface area contributed by atoms with Crippen LogP contribution in [-0.4, -0.2) is 29.4 Å². The zero-order chi connectivity index (χ0) is 19.4. The van der Waals surface area contributed by atoms with Crippen LogP contribution in [0.2, 0.25) is 0 Å². The minimum Gasteiger partial charge on any atom is -0.494 e. The number of para-hydroxylation sites is 1. The van der Waals surface area contributed by atoms with Crippen molar-refractivity contribution in [1.82, 2.24) is 10.2 Å². The van der Waals surface area contributed by atoms with Crippen molar-refractivity contribution in [3.05, 3.63) is 65.2 Å². The molecule has 3 rings (SSSR count). The number of carbonyl (C=O) groups excluding carboxylic acids is 2. The minimum atomic E-state index is -0.627. The van der Waals surface area contributed by atoms with Gasteiger partial charge in [-0.1, -0.05) is 43.3 Å². The summed E-state index contributed by atoms with van der Waals surface area (Å²) in [5.41, 5.74) is 2.25. The van der Waals surface area contributed by atoms with Crippen molar-refractivity contribution in [2.45, 2.75) is 45.8 Å². The maximum Gasteiger partial charge on any atom is 0.255 e. The van der Waals surface area contributed by atoms with Gasteiger partial charge in [0.15, 0.2) is 0 Å². The Morgan fingerprint density at radius 2 is 1.85 bits per heavy atom. The largest absolute Gasteiger partial charge is 0.494 e. The quantitative estimate of drug-likeness (QED) is 0.813. The molecule has 0 saturated heterocycles. The Morgan fingerprint density at radius 1 is 1.15 bits per heavy atom. The van der Waals surface area contributed by atoms with Crippen molar-refractivity contribution >= 4 is 11.8 Å². The number of benzene rings is 2. The van der Waals surface area contributed by atoms with Crippen molar-refractivity contribution < 1.29 is 14.3 Å². The molecule has 1 heterocycles. The molecule has 1 aliphatic rings. The van der Waals surface area contributed by atoms with Gasteiger partial charge in [0, 0.05) is 17.2 Å². The summed E-state index contributed by atoms with van der Waals surface area (Å²) in [6.45, 7) is 6.78. The zero-order valence-electron chi connectivity index (χ0n) is 16.1. The second-order valence-electron chi connectivity index (χ2n) is 6.78. The van der Waals surface area contributed by atoms with Gasteiger partial charge in [-0.2, -0.15) is 0 Å². The fourth-order valence-electron chi connectivity index (χ4n) is 3.35. The number of amides is 2. The Morgan fingerprint density at radius 3 is 2.59 bits per heavy atom. The molecule has 1 aliphatic heterocycles. The number of nitrogens with zero attached hydrogens (tertiary/aromatic N) is 1. The van der Waals surface area contributed by atoms with Crippen LogP contribution in [0.25, 0.3) is 0 Å². The first-order valence-electron chi connectivity index (χ1n) is 9.47. The number of rotatable bonds is 7. The molecule has 2 amide bonds. The van der Waals surface area contributed by atoms with Crippen LogP contribution in [-0.2, 0) is 11.3 Å². The summed E-state index contributed by atoms with van der Waals surface area (Å²) in [6, 6.07) is 14.4. The van der Waals surface area contributed by atoms with E-state index >= 15 is 0 Å². The molecule has 2 atom stereocenters. The summed E-state index contributed by atoms with van der Waals surface area (Å²) in [4.78, 5) is 27.7. The van der Waals surface area contributed by atoms with E-state index in [-0.39, 0.29) is 17.9 Å². The van der Waals surface area contributed by atoms with Crippen LogP contribution in [0.3, 0.4) is 0 Å². The molecule has 0 aromatic heterocycles. The summed E-state index contributed by atoms with van der Waals surface area (Å²) in [5, 5.41) is 3.02. The summed E-state index contributed by atoms with van der Waals surface area (Å²) in [6.07, 6.45) is 0.835. The summed E-state index contributed by atoms with van der Waals surface area (Å²) >= 11 is 0. The number of hydrogen-bond acceptors (Lipinski definition) is 3.